The van der Waals surface area contributed by atoms with Crippen LogP contribution in [-0.2, 0) is 10.0 Å². The first kappa shape index (κ1) is 19.5. The Labute approximate surface area is 153 Å². The summed E-state index contributed by atoms with van der Waals surface area (Å²) in [5, 5.41) is 4.62. The van der Waals surface area contributed by atoms with E-state index in [0.29, 0.717) is 10.6 Å². The minimum Gasteiger partial charge on any atom is -0.350 e. The minimum atomic E-state index is -3.46. The maximum absolute atomic E-state index is 12.4. The van der Waals surface area contributed by atoms with Gasteiger partial charge in [0.15, 0.2) is 0 Å². The number of carbonyl (C=O) groups is 1. The molecular weight excluding hydrogens is 356 g/mol. The third-order valence-corrected chi connectivity index (χ3v) is 5.92. The molecule has 0 atom stereocenters. The van der Waals surface area contributed by atoms with E-state index in [1.165, 1.54) is 21.9 Å². The quantitative estimate of drug-likeness (QED) is 0.801. The van der Waals surface area contributed by atoms with Crippen molar-refractivity contribution in [1.29, 1.82) is 0 Å². The van der Waals surface area contributed by atoms with Crippen molar-refractivity contribution < 1.29 is 13.2 Å². The van der Waals surface area contributed by atoms with Crippen LogP contribution >= 0.6 is 11.3 Å². The number of aryl methyl sites for hydroxylation is 1. The molecule has 1 aromatic carbocycles. The summed E-state index contributed by atoms with van der Waals surface area (Å²) in [5.74, 6) is 0.0113. The number of rotatable bonds is 7. The summed E-state index contributed by atoms with van der Waals surface area (Å²) in [6.07, 6.45) is 1.20. The van der Waals surface area contributed by atoms with Gasteiger partial charge in [-0.25, -0.2) is 8.42 Å². The van der Waals surface area contributed by atoms with Crippen LogP contribution in [0.25, 0.3) is 0 Å². The highest BCUT2D eigenvalue weighted by Gasteiger charge is 2.23. The van der Waals surface area contributed by atoms with Crippen LogP contribution in [0.1, 0.15) is 40.6 Å². The Morgan fingerprint density at radius 2 is 1.96 bits per heavy atom. The molecule has 1 heterocycles. The molecule has 0 radical (unpaired) electrons. The molecule has 2 rings (SSSR count). The van der Waals surface area contributed by atoms with Crippen LogP contribution in [0.3, 0.4) is 0 Å². The minimum absolute atomic E-state index is 0.183. The lowest BCUT2D eigenvalue weighted by molar-refractivity contribution is 0.0959. The van der Waals surface area contributed by atoms with E-state index in [4.69, 9.17) is 0 Å². The number of benzene rings is 1. The molecule has 0 unspecified atom stereocenters. The third kappa shape index (κ3) is 4.83. The number of para-hydroxylation sites is 1. The number of hydrogen-bond acceptors (Lipinski definition) is 4. The number of sulfonamides is 1. The predicted octanol–water partition coefficient (Wildman–Crippen LogP) is 3.38. The Balaban J connectivity index is 2.23. The van der Waals surface area contributed by atoms with Gasteiger partial charge >= 0.3 is 0 Å². The molecule has 0 aliphatic carbocycles. The number of anilines is 1. The molecule has 2 aromatic rings. The highest BCUT2D eigenvalue weighted by atomic mass is 32.2. The number of hydrogen-bond donors (Lipinski definition) is 1. The predicted molar refractivity (Wildman–Crippen MR) is 104 cm³/mol. The van der Waals surface area contributed by atoms with E-state index in [2.05, 4.69) is 5.32 Å². The Kier molecular flexibility index (Phi) is 6.24. The first-order valence-corrected chi connectivity index (χ1v) is 10.8. The van der Waals surface area contributed by atoms with E-state index in [-0.39, 0.29) is 24.9 Å². The topological polar surface area (TPSA) is 66.5 Å². The first-order chi connectivity index (χ1) is 11.7. The second-order valence-corrected chi connectivity index (χ2v) is 9.09. The van der Waals surface area contributed by atoms with Crippen molar-refractivity contribution in [2.45, 2.75) is 26.7 Å². The Hall–Kier alpha value is -1.86. The summed E-state index contributed by atoms with van der Waals surface area (Å²) in [4.78, 5) is 12.7. The van der Waals surface area contributed by atoms with Gasteiger partial charge in [0.2, 0.25) is 10.0 Å². The van der Waals surface area contributed by atoms with Crippen LogP contribution in [-0.4, -0.2) is 33.7 Å². The Bertz CT molecular complexity index is 828. The fraction of sp³-hybridized carbons (Fsp3) is 0.389. The fourth-order valence-electron chi connectivity index (χ4n) is 2.70. The van der Waals surface area contributed by atoms with Gasteiger partial charge in [0.1, 0.15) is 0 Å². The molecule has 0 aliphatic heterocycles. The van der Waals surface area contributed by atoms with Crippen LogP contribution in [0.4, 0.5) is 5.69 Å². The standard InChI is InChI=1S/C18H24N2O3S2/c1-13(2)15-8-5-7-14(3)17(15)20(25(4,22)23)11-10-19-18(21)16-9-6-12-24-16/h5-9,12-13H,10-11H2,1-4H3,(H,19,21). The molecule has 0 fully saturated rings. The number of nitrogens with one attached hydrogen (secondary N) is 1. The van der Waals surface area contributed by atoms with Crippen LogP contribution in [0.15, 0.2) is 35.7 Å². The molecule has 0 spiro atoms. The molecule has 1 N–H and O–H groups in total. The Morgan fingerprint density at radius 1 is 1.24 bits per heavy atom. The lowest BCUT2D eigenvalue weighted by Gasteiger charge is -2.28. The van der Waals surface area contributed by atoms with Gasteiger partial charge in [0, 0.05) is 6.54 Å². The van der Waals surface area contributed by atoms with Crippen molar-refractivity contribution in [2.24, 2.45) is 0 Å². The maximum Gasteiger partial charge on any atom is 0.261 e. The molecule has 25 heavy (non-hydrogen) atoms. The highest BCUT2D eigenvalue weighted by molar-refractivity contribution is 7.92. The van der Waals surface area contributed by atoms with E-state index in [0.717, 1.165) is 11.1 Å². The lowest BCUT2D eigenvalue weighted by atomic mass is 9.98. The van der Waals surface area contributed by atoms with Gasteiger partial charge in [-0.1, -0.05) is 38.1 Å². The van der Waals surface area contributed by atoms with Crippen LogP contribution < -0.4 is 9.62 Å². The molecule has 1 aromatic heterocycles. The third-order valence-electron chi connectivity index (χ3n) is 3.89. The second kappa shape index (κ2) is 8.01. The smallest absolute Gasteiger partial charge is 0.261 e. The molecule has 0 aliphatic rings. The van der Waals surface area contributed by atoms with Crippen molar-refractivity contribution in [2.75, 3.05) is 23.7 Å². The molecule has 0 saturated carbocycles. The zero-order valence-electron chi connectivity index (χ0n) is 14.9. The SMILES string of the molecule is Cc1cccc(C(C)C)c1N(CCNC(=O)c1cccs1)S(C)(=O)=O. The summed E-state index contributed by atoms with van der Waals surface area (Å²) >= 11 is 1.36. The molecule has 0 saturated heterocycles. The fourth-order valence-corrected chi connectivity index (χ4v) is 4.34. The average Bonchev–Trinajstić information content (AvgIpc) is 3.05. The molecule has 7 heteroatoms. The van der Waals surface area contributed by atoms with Gasteiger partial charge in [-0.3, -0.25) is 9.10 Å². The summed E-state index contributed by atoms with van der Waals surface area (Å²) in [7, 11) is -3.46. The molecule has 1 amide bonds. The van der Waals surface area contributed by atoms with E-state index < -0.39 is 10.0 Å². The van der Waals surface area contributed by atoms with Gasteiger partial charge < -0.3 is 5.32 Å². The van der Waals surface area contributed by atoms with Crippen molar-refractivity contribution in [3.63, 3.8) is 0 Å². The molecule has 136 valence electrons. The van der Waals surface area contributed by atoms with Crippen LogP contribution in [0, 0.1) is 6.92 Å². The maximum atomic E-state index is 12.4. The van der Waals surface area contributed by atoms with E-state index in [9.17, 15) is 13.2 Å². The van der Waals surface area contributed by atoms with Gasteiger partial charge in [0.05, 0.1) is 23.4 Å². The number of nitrogens with zero attached hydrogens (tertiary/aromatic N) is 1. The first-order valence-electron chi connectivity index (χ1n) is 8.10. The zero-order valence-corrected chi connectivity index (χ0v) is 16.6. The lowest BCUT2D eigenvalue weighted by Crippen LogP contribution is -2.39. The number of amides is 1. The van der Waals surface area contributed by atoms with E-state index >= 15 is 0 Å². The van der Waals surface area contributed by atoms with E-state index in [1.807, 2.05) is 50.4 Å². The average molecular weight is 381 g/mol. The van der Waals surface area contributed by atoms with Gasteiger partial charge in [-0.15, -0.1) is 11.3 Å². The van der Waals surface area contributed by atoms with Crippen molar-refractivity contribution in [3.8, 4) is 0 Å². The zero-order chi connectivity index (χ0) is 18.6. The summed E-state index contributed by atoms with van der Waals surface area (Å²) in [6.45, 7) is 6.43. The number of thiophene rings is 1. The monoisotopic (exact) mass is 380 g/mol. The summed E-state index contributed by atoms with van der Waals surface area (Å²) < 4.78 is 26.2. The highest BCUT2D eigenvalue weighted by Crippen LogP contribution is 2.32. The van der Waals surface area contributed by atoms with Crippen molar-refractivity contribution in [3.05, 3.63) is 51.7 Å². The van der Waals surface area contributed by atoms with E-state index in [1.54, 1.807) is 6.07 Å². The van der Waals surface area contributed by atoms with Gasteiger partial charge in [-0.2, -0.15) is 0 Å². The molecule has 0 bridgehead atoms. The second-order valence-electron chi connectivity index (χ2n) is 6.24. The summed E-state index contributed by atoms with van der Waals surface area (Å²) in [6, 6.07) is 9.35. The van der Waals surface area contributed by atoms with Crippen molar-refractivity contribution in [1.82, 2.24) is 5.32 Å². The van der Waals surface area contributed by atoms with Crippen LogP contribution in [0.5, 0.6) is 0 Å². The van der Waals surface area contributed by atoms with Gasteiger partial charge in [-0.05, 0) is 35.4 Å². The summed E-state index contributed by atoms with van der Waals surface area (Å²) in [5.41, 5.74) is 2.60. The largest absolute Gasteiger partial charge is 0.350 e. The normalized spacial score (nSPS) is 11.6. The number of carbonyl (C=O) groups excluding carboxylic acids is 1. The molecular formula is C18H24N2O3S2. The molecule has 5 nitrogen and oxygen atoms in total. The van der Waals surface area contributed by atoms with Crippen LogP contribution in [0.2, 0.25) is 0 Å². The van der Waals surface area contributed by atoms with Gasteiger partial charge in [0.25, 0.3) is 5.91 Å². The van der Waals surface area contributed by atoms with Crippen molar-refractivity contribution >= 4 is 33.0 Å². The Morgan fingerprint density at radius 3 is 2.52 bits per heavy atom.